The highest BCUT2D eigenvalue weighted by molar-refractivity contribution is 5.81. The van der Waals surface area contributed by atoms with Crippen molar-refractivity contribution in [3.05, 3.63) is 29.1 Å². The average Bonchev–Trinajstić information content (AvgIpc) is 2.56. The second-order valence-corrected chi connectivity index (χ2v) is 3.51. The molecule has 0 saturated carbocycles. The lowest BCUT2D eigenvalue weighted by Gasteiger charge is -1.99. The van der Waals surface area contributed by atoms with E-state index in [1.807, 2.05) is 0 Å². The van der Waals surface area contributed by atoms with E-state index < -0.39 is 12.0 Å². The minimum atomic E-state index is -4.42. The van der Waals surface area contributed by atoms with E-state index in [9.17, 15) is 13.2 Å². The van der Waals surface area contributed by atoms with Crippen molar-refractivity contribution < 1.29 is 13.2 Å². The molecule has 0 fully saturated rings. The molecule has 0 radical (unpaired) electrons. The third-order valence-corrected chi connectivity index (χ3v) is 2.32. The predicted octanol–water partition coefficient (Wildman–Crippen LogP) is 3.20. The van der Waals surface area contributed by atoms with Gasteiger partial charge in [0, 0.05) is 0 Å². The predicted molar refractivity (Wildman–Crippen MR) is 50.6 cm³/mol. The number of aromatic amines is 1. The van der Waals surface area contributed by atoms with Crippen molar-refractivity contribution in [2.75, 3.05) is 0 Å². The van der Waals surface area contributed by atoms with E-state index in [2.05, 4.69) is 9.97 Å². The van der Waals surface area contributed by atoms with E-state index in [0.29, 0.717) is 11.0 Å². The van der Waals surface area contributed by atoms with Crippen LogP contribution in [0.15, 0.2) is 12.1 Å². The molecule has 0 amide bonds. The summed E-state index contributed by atoms with van der Waals surface area (Å²) in [5, 5.41) is 0. The van der Waals surface area contributed by atoms with Gasteiger partial charge in [-0.05, 0) is 25.0 Å². The van der Waals surface area contributed by atoms with E-state index in [4.69, 9.17) is 0 Å². The van der Waals surface area contributed by atoms with Gasteiger partial charge in [-0.2, -0.15) is 13.2 Å². The van der Waals surface area contributed by atoms with Gasteiger partial charge in [0.2, 0.25) is 5.82 Å². The van der Waals surface area contributed by atoms with Crippen LogP contribution in [0.2, 0.25) is 0 Å². The average molecular weight is 214 g/mol. The number of nitrogens with zero attached hydrogens (tertiary/aromatic N) is 1. The van der Waals surface area contributed by atoms with E-state index >= 15 is 0 Å². The zero-order valence-electron chi connectivity index (χ0n) is 8.24. The summed E-state index contributed by atoms with van der Waals surface area (Å²) in [7, 11) is 0. The number of H-pyrrole nitrogens is 1. The van der Waals surface area contributed by atoms with Crippen molar-refractivity contribution in [1.29, 1.82) is 0 Å². The van der Waals surface area contributed by atoms with Crippen LogP contribution in [0.1, 0.15) is 17.0 Å². The van der Waals surface area contributed by atoms with Gasteiger partial charge in [-0.3, -0.25) is 0 Å². The van der Waals surface area contributed by atoms with Crippen LogP contribution in [0.3, 0.4) is 0 Å². The first-order valence-electron chi connectivity index (χ1n) is 4.42. The number of hydrogen-bond donors (Lipinski definition) is 1. The summed E-state index contributed by atoms with van der Waals surface area (Å²) in [5.41, 5.74) is 2.35. The number of hydrogen-bond acceptors (Lipinski definition) is 1. The highest BCUT2D eigenvalue weighted by atomic mass is 19.4. The number of rotatable bonds is 0. The fourth-order valence-corrected chi connectivity index (χ4v) is 1.49. The summed E-state index contributed by atoms with van der Waals surface area (Å²) >= 11 is 0. The van der Waals surface area contributed by atoms with E-state index in [-0.39, 0.29) is 0 Å². The minimum absolute atomic E-state index is 0.391. The summed E-state index contributed by atoms with van der Waals surface area (Å²) in [6.07, 6.45) is -4.42. The van der Waals surface area contributed by atoms with Crippen molar-refractivity contribution in [1.82, 2.24) is 9.97 Å². The monoisotopic (exact) mass is 214 g/mol. The smallest absolute Gasteiger partial charge is 0.334 e. The first kappa shape index (κ1) is 10.0. The van der Waals surface area contributed by atoms with Gasteiger partial charge in [0.1, 0.15) is 0 Å². The third-order valence-electron chi connectivity index (χ3n) is 2.32. The molecule has 2 aromatic rings. The zero-order valence-corrected chi connectivity index (χ0v) is 8.24. The maximum Gasteiger partial charge on any atom is 0.449 e. The zero-order chi connectivity index (χ0) is 11.2. The molecule has 2 rings (SSSR count). The van der Waals surface area contributed by atoms with E-state index in [1.165, 1.54) is 0 Å². The molecule has 2 nitrogen and oxygen atoms in total. The quantitative estimate of drug-likeness (QED) is 0.716. The molecule has 0 atom stereocenters. The molecule has 15 heavy (non-hydrogen) atoms. The standard InChI is InChI=1S/C10H9F3N2/c1-5-3-4-6(2)8-7(5)14-9(15-8)10(11,12)13/h3-4H,1-2H3,(H,14,15). The minimum Gasteiger partial charge on any atom is -0.334 e. The van der Waals surface area contributed by atoms with Gasteiger partial charge < -0.3 is 4.98 Å². The van der Waals surface area contributed by atoms with Crippen molar-refractivity contribution >= 4 is 11.0 Å². The lowest BCUT2D eigenvalue weighted by Crippen LogP contribution is -2.06. The Hall–Kier alpha value is -1.52. The second kappa shape index (κ2) is 2.98. The molecule has 0 saturated heterocycles. The fourth-order valence-electron chi connectivity index (χ4n) is 1.49. The Balaban J connectivity index is 2.76. The molecule has 1 aromatic carbocycles. The van der Waals surface area contributed by atoms with Crippen LogP contribution in [0.5, 0.6) is 0 Å². The van der Waals surface area contributed by atoms with Gasteiger partial charge in [-0.1, -0.05) is 12.1 Å². The molecule has 0 bridgehead atoms. The van der Waals surface area contributed by atoms with Crippen LogP contribution >= 0.6 is 0 Å². The molecule has 5 heteroatoms. The lowest BCUT2D eigenvalue weighted by molar-refractivity contribution is -0.144. The van der Waals surface area contributed by atoms with Crippen LogP contribution in [-0.4, -0.2) is 9.97 Å². The number of aromatic nitrogens is 2. The molecular formula is C10H9F3N2. The lowest BCUT2D eigenvalue weighted by atomic mass is 10.1. The third kappa shape index (κ3) is 1.58. The highest BCUT2D eigenvalue weighted by Crippen LogP contribution is 2.30. The number of benzene rings is 1. The van der Waals surface area contributed by atoms with E-state index in [0.717, 1.165) is 11.1 Å². The van der Waals surface area contributed by atoms with Crippen molar-refractivity contribution in [2.45, 2.75) is 20.0 Å². The molecule has 0 spiro atoms. The number of fused-ring (bicyclic) bond motifs is 1. The topological polar surface area (TPSA) is 28.7 Å². The molecule has 1 heterocycles. The van der Waals surface area contributed by atoms with Crippen LogP contribution in [0.25, 0.3) is 11.0 Å². The normalized spacial score (nSPS) is 12.3. The Bertz CT molecular complexity index is 472. The SMILES string of the molecule is Cc1ccc(C)c2[nH]c(C(F)(F)F)nc12. The van der Waals surface area contributed by atoms with Gasteiger partial charge >= 0.3 is 6.18 Å². The van der Waals surface area contributed by atoms with E-state index in [1.54, 1.807) is 26.0 Å². The largest absolute Gasteiger partial charge is 0.449 e. The van der Waals surface area contributed by atoms with Crippen LogP contribution < -0.4 is 0 Å². The van der Waals surface area contributed by atoms with Crippen LogP contribution in [-0.2, 0) is 6.18 Å². The number of aryl methyl sites for hydroxylation is 2. The van der Waals surface area contributed by atoms with Gasteiger partial charge in [-0.25, -0.2) is 4.98 Å². The van der Waals surface area contributed by atoms with Crippen molar-refractivity contribution in [3.63, 3.8) is 0 Å². The van der Waals surface area contributed by atoms with Gasteiger partial charge in [0.05, 0.1) is 11.0 Å². The van der Waals surface area contributed by atoms with Gasteiger partial charge in [-0.15, -0.1) is 0 Å². The summed E-state index contributed by atoms with van der Waals surface area (Å²) < 4.78 is 37.2. The summed E-state index contributed by atoms with van der Waals surface area (Å²) in [6, 6.07) is 3.54. The Labute approximate surface area is 84.1 Å². The molecule has 80 valence electrons. The summed E-state index contributed by atoms with van der Waals surface area (Å²) in [6.45, 7) is 3.49. The number of halogens is 3. The number of nitrogens with one attached hydrogen (secondary N) is 1. The Morgan fingerprint density at radius 1 is 1.13 bits per heavy atom. The summed E-state index contributed by atoms with van der Waals surface area (Å²) in [4.78, 5) is 5.87. The highest BCUT2D eigenvalue weighted by Gasteiger charge is 2.35. The maximum absolute atomic E-state index is 12.4. The molecular weight excluding hydrogens is 205 g/mol. The molecule has 0 unspecified atom stereocenters. The van der Waals surface area contributed by atoms with Crippen molar-refractivity contribution in [2.24, 2.45) is 0 Å². The summed E-state index contributed by atoms with van der Waals surface area (Å²) in [5.74, 6) is -0.935. The first-order chi connectivity index (χ1) is 6.89. The Morgan fingerprint density at radius 3 is 2.27 bits per heavy atom. The fraction of sp³-hybridized carbons (Fsp3) is 0.300. The molecule has 0 aliphatic heterocycles. The Morgan fingerprint density at radius 2 is 1.73 bits per heavy atom. The van der Waals surface area contributed by atoms with Crippen molar-refractivity contribution in [3.8, 4) is 0 Å². The molecule has 0 aliphatic carbocycles. The van der Waals surface area contributed by atoms with Gasteiger partial charge in [0.15, 0.2) is 0 Å². The first-order valence-corrected chi connectivity index (χ1v) is 4.42. The molecule has 1 aromatic heterocycles. The molecule has 1 N–H and O–H groups in total. The van der Waals surface area contributed by atoms with Crippen LogP contribution in [0, 0.1) is 13.8 Å². The maximum atomic E-state index is 12.4. The van der Waals surface area contributed by atoms with Crippen LogP contribution in [0.4, 0.5) is 13.2 Å². The number of imidazole rings is 1. The second-order valence-electron chi connectivity index (χ2n) is 3.51. The molecule has 0 aliphatic rings. The number of alkyl halides is 3. The Kier molecular flexibility index (Phi) is 1.99. The van der Waals surface area contributed by atoms with Gasteiger partial charge in [0.25, 0.3) is 0 Å².